The first kappa shape index (κ1) is 17.4. The number of hydrogen-bond acceptors (Lipinski definition) is 5. The molecule has 0 atom stereocenters. The maximum atomic E-state index is 12.2. The van der Waals surface area contributed by atoms with Crippen LogP contribution in [0.4, 0.5) is 0 Å². The molecule has 7 heteroatoms. The fourth-order valence-corrected chi connectivity index (χ4v) is 2.93. The summed E-state index contributed by atoms with van der Waals surface area (Å²) in [6, 6.07) is 14.4. The van der Waals surface area contributed by atoms with E-state index in [1.54, 1.807) is 30.3 Å². The number of ether oxygens (including phenoxy) is 1. The molecule has 3 rings (SSSR count). The van der Waals surface area contributed by atoms with Crippen LogP contribution in [-0.4, -0.2) is 14.7 Å². The predicted molar refractivity (Wildman–Crippen MR) is 98.0 cm³/mol. The van der Waals surface area contributed by atoms with Crippen LogP contribution in [0.2, 0.25) is 5.02 Å². The highest BCUT2D eigenvalue weighted by Gasteiger charge is 2.07. The Bertz CT molecular complexity index is 865. The molecule has 1 N–H and O–H groups in total. The van der Waals surface area contributed by atoms with Gasteiger partial charge in [-0.1, -0.05) is 23.7 Å². The summed E-state index contributed by atoms with van der Waals surface area (Å²) in [5.41, 5.74) is 3.23. The zero-order valence-corrected chi connectivity index (χ0v) is 15.1. The number of benzene rings is 2. The Balaban J connectivity index is 1.54. The first-order valence-electron chi connectivity index (χ1n) is 7.65. The predicted octanol–water partition coefficient (Wildman–Crippen LogP) is 4.01. The van der Waals surface area contributed by atoms with Crippen molar-refractivity contribution < 1.29 is 9.53 Å². The normalized spacial score (nSPS) is 10.5. The Hall–Kier alpha value is -2.44. The van der Waals surface area contributed by atoms with Gasteiger partial charge in [-0.25, -0.2) is 0 Å². The van der Waals surface area contributed by atoms with Crippen molar-refractivity contribution in [1.29, 1.82) is 0 Å². The lowest BCUT2D eigenvalue weighted by molar-refractivity contribution is 0.0951. The highest BCUT2D eigenvalue weighted by Crippen LogP contribution is 2.15. The largest absolute Gasteiger partial charge is 0.487 e. The van der Waals surface area contributed by atoms with E-state index < -0.39 is 0 Å². The fraction of sp³-hybridized carbons (Fsp3) is 0.167. The number of halogens is 1. The third-order valence-corrected chi connectivity index (χ3v) is 4.47. The number of carbonyl (C=O) groups excluding carboxylic acids is 1. The quantitative estimate of drug-likeness (QED) is 0.709. The minimum Gasteiger partial charge on any atom is -0.487 e. The molecule has 3 aromatic rings. The minimum atomic E-state index is -0.147. The molecular formula is C18H16ClN3O2S. The number of amides is 1. The molecule has 0 aliphatic heterocycles. The standard InChI is InChI=1S/C18H16ClN3O2S/c1-12-17(22-25-21-12)11-24-16-7-5-14(6-8-16)18(23)20-10-13-3-2-4-15(19)9-13/h2-9H,10-11H2,1H3,(H,20,23). The Morgan fingerprint density at radius 2 is 2.00 bits per heavy atom. The molecule has 0 aliphatic rings. The molecule has 0 aliphatic carbocycles. The van der Waals surface area contributed by atoms with Gasteiger partial charge in [-0.05, 0) is 48.9 Å². The Kier molecular flexibility index (Phi) is 5.63. The molecule has 1 heterocycles. The van der Waals surface area contributed by atoms with E-state index in [-0.39, 0.29) is 5.91 Å². The first-order valence-corrected chi connectivity index (χ1v) is 8.76. The van der Waals surface area contributed by atoms with Crippen LogP contribution >= 0.6 is 23.3 Å². The van der Waals surface area contributed by atoms with Crippen molar-refractivity contribution in [3.63, 3.8) is 0 Å². The van der Waals surface area contributed by atoms with Crippen LogP contribution in [0.3, 0.4) is 0 Å². The second-order valence-electron chi connectivity index (χ2n) is 5.42. The lowest BCUT2D eigenvalue weighted by Crippen LogP contribution is -2.22. The summed E-state index contributed by atoms with van der Waals surface area (Å²) in [7, 11) is 0. The van der Waals surface area contributed by atoms with Crippen LogP contribution in [0.5, 0.6) is 5.75 Å². The second kappa shape index (κ2) is 8.09. The summed E-state index contributed by atoms with van der Waals surface area (Å²) in [5.74, 6) is 0.532. The fourth-order valence-electron chi connectivity index (χ4n) is 2.17. The molecule has 25 heavy (non-hydrogen) atoms. The number of hydrogen-bond donors (Lipinski definition) is 1. The van der Waals surface area contributed by atoms with Gasteiger partial charge in [0, 0.05) is 17.1 Å². The molecule has 1 aromatic heterocycles. The van der Waals surface area contributed by atoms with Crippen molar-refractivity contribution in [2.24, 2.45) is 0 Å². The van der Waals surface area contributed by atoms with Crippen LogP contribution < -0.4 is 10.1 Å². The van der Waals surface area contributed by atoms with Gasteiger partial charge in [0.2, 0.25) is 0 Å². The molecule has 0 spiro atoms. The van der Waals surface area contributed by atoms with Gasteiger partial charge in [-0.3, -0.25) is 4.79 Å². The van der Waals surface area contributed by atoms with E-state index >= 15 is 0 Å². The molecular weight excluding hydrogens is 358 g/mol. The molecule has 0 unspecified atom stereocenters. The average Bonchev–Trinajstić information content (AvgIpc) is 3.03. The number of carbonyl (C=O) groups is 1. The van der Waals surface area contributed by atoms with Crippen LogP contribution in [0.15, 0.2) is 48.5 Å². The van der Waals surface area contributed by atoms with Gasteiger partial charge in [0.05, 0.1) is 17.4 Å². The summed E-state index contributed by atoms with van der Waals surface area (Å²) in [5, 5.41) is 3.52. The monoisotopic (exact) mass is 373 g/mol. The van der Waals surface area contributed by atoms with Gasteiger partial charge < -0.3 is 10.1 Å². The molecule has 0 saturated carbocycles. The van der Waals surface area contributed by atoms with E-state index in [0.29, 0.717) is 29.5 Å². The Labute approximate surface area is 154 Å². The van der Waals surface area contributed by atoms with Crippen molar-refractivity contribution in [2.75, 3.05) is 0 Å². The highest BCUT2D eigenvalue weighted by atomic mass is 35.5. The van der Waals surface area contributed by atoms with Crippen molar-refractivity contribution in [1.82, 2.24) is 14.1 Å². The topological polar surface area (TPSA) is 64.1 Å². The van der Waals surface area contributed by atoms with Gasteiger partial charge >= 0.3 is 0 Å². The Morgan fingerprint density at radius 1 is 1.20 bits per heavy atom. The summed E-state index contributed by atoms with van der Waals surface area (Å²) in [6.07, 6.45) is 0. The number of nitrogens with zero attached hydrogens (tertiary/aromatic N) is 2. The number of aryl methyl sites for hydroxylation is 1. The van der Waals surface area contributed by atoms with Crippen molar-refractivity contribution in [2.45, 2.75) is 20.1 Å². The van der Waals surface area contributed by atoms with Gasteiger partial charge in [-0.15, -0.1) is 0 Å². The van der Waals surface area contributed by atoms with Crippen LogP contribution in [0, 0.1) is 6.92 Å². The first-order chi connectivity index (χ1) is 12.1. The molecule has 128 valence electrons. The van der Waals surface area contributed by atoms with Crippen molar-refractivity contribution >= 4 is 29.2 Å². The van der Waals surface area contributed by atoms with Gasteiger partial charge in [0.1, 0.15) is 18.1 Å². The summed E-state index contributed by atoms with van der Waals surface area (Å²) < 4.78 is 13.9. The van der Waals surface area contributed by atoms with Crippen LogP contribution in [0.25, 0.3) is 0 Å². The summed E-state index contributed by atoms with van der Waals surface area (Å²) >= 11 is 7.11. The maximum Gasteiger partial charge on any atom is 0.251 e. The van der Waals surface area contributed by atoms with E-state index in [1.165, 1.54) is 11.7 Å². The lowest BCUT2D eigenvalue weighted by Gasteiger charge is -2.08. The summed E-state index contributed by atoms with van der Waals surface area (Å²) in [4.78, 5) is 12.2. The van der Waals surface area contributed by atoms with Crippen molar-refractivity contribution in [3.05, 3.63) is 76.1 Å². The van der Waals surface area contributed by atoms with Crippen LogP contribution in [0.1, 0.15) is 27.3 Å². The molecule has 0 saturated heterocycles. The third-order valence-electron chi connectivity index (χ3n) is 3.58. The smallest absolute Gasteiger partial charge is 0.251 e. The van der Waals surface area contributed by atoms with E-state index in [9.17, 15) is 4.79 Å². The zero-order valence-electron chi connectivity index (χ0n) is 13.5. The van der Waals surface area contributed by atoms with Gasteiger partial charge in [0.25, 0.3) is 5.91 Å². The summed E-state index contributed by atoms with van der Waals surface area (Å²) in [6.45, 7) is 2.69. The van der Waals surface area contributed by atoms with Crippen LogP contribution in [-0.2, 0) is 13.2 Å². The molecule has 0 bridgehead atoms. The van der Waals surface area contributed by atoms with E-state index in [4.69, 9.17) is 16.3 Å². The third kappa shape index (κ3) is 4.78. The van der Waals surface area contributed by atoms with Gasteiger partial charge in [0.15, 0.2) is 0 Å². The van der Waals surface area contributed by atoms with E-state index in [1.807, 2.05) is 25.1 Å². The Morgan fingerprint density at radius 3 is 2.68 bits per heavy atom. The SMILES string of the molecule is Cc1nsnc1COc1ccc(C(=O)NCc2cccc(Cl)c2)cc1. The highest BCUT2D eigenvalue weighted by molar-refractivity contribution is 6.99. The molecule has 1 amide bonds. The molecule has 5 nitrogen and oxygen atoms in total. The number of nitrogens with one attached hydrogen (secondary N) is 1. The molecule has 2 aromatic carbocycles. The molecule has 0 radical (unpaired) electrons. The lowest BCUT2D eigenvalue weighted by atomic mass is 10.2. The minimum absolute atomic E-state index is 0.147. The number of rotatable bonds is 6. The zero-order chi connectivity index (χ0) is 17.6. The van der Waals surface area contributed by atoms with Crippen molar-refractivity contribution in [3.8, 4) is 5.75 Å². The molecule has 0 fully saturated rings. The second-order valence-corrected chi connectivity index (χ2v) is 6.39. The van der Waals surface area contributed by atoms with E-state index in [0.717, 1.165) is 17.0 Å². The average molecular weight is 374 g/mol. The number of aromatic nitrogens is 2. The van der Waals surface area contributed by atoms with Gasteiger partial charge in [-0.2, -0.15) is 8.75 Å². The van der Waals surface area contributed by atoms with E-state index in [2.05, 4.69) is 14.1 Å². The maximum absolute atomic E-state index is 12.2.